The molecule has 1 N–H and O–H groups in total. The number of aromatic carboxylic acids is 1. The molecule has 2 aliphatic rings. The van der Waals surface area contributed by atoms with Crippen LogP contribution in [0, 0.1) is 5.92 Å². The fraction of sp³-hybridized carbons (Fsp3) is 0.619. The Kier molecular flexibility index (Phi) is 5.97. The average Bonchev–Trinajstić information content (AvgIpc) is 2.69. The summed E-state index contributed by atoms with van der Waals surface area (Å²) in [5.74, 6) is -0.291. The van der Waals surface area contributed by atoms with Crippen molar-refractivity contribution in [1.82, 2.24) is 4.90 Å². The monoisotopic (exact) mass is 359 g/mol. The van der Waals surface area contributed by atoms with Gasteiger partial charge in [0.05, 0.1) is 5.56 Å². The summed E-state index contributed by atoms with van der Waals surface area (Å²) >= 11 is 0. The van der Waals surface area contributed by atoms with Crippen LogP contribution in [-0.4, -0.2) is 47.7 Å². The van der Waals surface area contributed by atoms with Crippen LogP contribution in [0.5, 0.6) is 0 Å². The Morgan fingerprint density at radius 2 is 1.81 bits per heavy atom. The number of carbonyl (C=O) groups is 2. The second-order valence-corrected chi connectivity index (χ2v) is 7.66. The number of carboxylic acid groups (broad SMARTS) is 1. The standard InChI is InChI=1S/C21H29NO4/c1-26-21(11-5-2-6-12-21)20(25)22-13-9-16(10-14-22)15-17-7-3-4-8-18(17)19(23)24/h3-4,7-8,16H,2,5-6,9-15H2,1H3,(H,23,24). The van der Waals surface area contributed by atoms with E-state index in [0.717, 1.165) is 63.6 Å². The van der Waals surface area contributed by atoms with Crippen LogP contribution in [0.4, 0.5) is 0 Å². The molecule has 0 aromatic heterocycles. The molecule has 1 aromatic carbocycles. The van der Waals surface area contributed by atoms with Crippen LogP contribution in [0.3, 0.4) is 0 Å². The molecule has 0 unspecified atom stereocenters. The van der Waals surface area contributed by atoms with Crippen LogP contribution in [0.1, 0.15) is 60.9 Å². The highest BCUT2D eigenvalue weighted by Gasteiger charge is 2.43. The van der Waals surface area contributed by atoms with Crippen LogP contribution < -0.4 is 0 Å². The Hall–Kier alpha value is -1.88. The van der Waals surface area contributed by atoms with Crippen LogP contribution in [0.25, 0.3) is 0 Å². The van der Waals surface area contributed by atoms with E-state index in [1.807, 2.05) is 17.0 Å². The Morgan fingerprint density at radius 1 is 1.15 bits per heavy atom. The minimum Gasteiger partial charge on any atom is -0.478 e. The fourth-order valence-corrected chi connectivity index (χ4v) is 4.47. The average molecular weight is 359 g/mol. The molecule has 5 heteroatoms. The number of carbonyl (C=O) groups excluding carboxylic acids is 1. The Morgan fingerprint density at radius 3 is 2.42 bits per heavy atom. The number of ether oxygens (including phenoxy) is 1. The first-order valence-electron chi connectivity index (χ1n) is 9.71. The van der Waals surface area contributed by atoms with Gasteiger partial charge in [-0.1, -0.05) is 37.5 Å². The summed E-state index contributed by atoms with van der Waals surface area (Å²) in [7, 11) is 1.67. The van der Waals surface area contributed by atoms with E-state index in [1.54, 1.807) is 19.2 Å². The van der Waals surface area contributed by atoms with E-state index >= 15 is 0 Å². The van der Waals surface area contributed by atoms with Gasteiger partial charge in [-0.2, -0.15) is 0 Å². The lowest BCUT2D eigenvalue weighted by atomic mass is 9.82. The molecular weight excluding hydrogens is 330 g/mol. The maximum absolute atomic E-state index is 13.0. The molecule has 1 aliphatic heterocycles. The summed E-state index contributed by atoms with van der Waals surface area (Å²) in [5, 5.41) is 9.34. The van der Waals surface area contributed by atoms with Crippen LogP contribution >= 0.6 is 0 Å². The minimum absolute atomic E-state index is 0.157. The molecule has 0 atom stereocenters. The molecule has 2 fully saturated rings. The third-order valence-electron chi connectivity index (χ3n) is 6.10. The topological polar surface area (TPSA) is 66.8 Å². The van der Waals surface area contributed by atoms with E-state index in [0.29, 0.717) is 11.5 Å². The maximum atomic E-state index is 13.0. The summed E-state index contributed by atoms with van der Waals surface area (Å²) in [4.78, 5) is 26.4. The number of hydrogen-bond donors (Lipinski definition) is 1. The molecule has 1 saturated carbocycles. The van der Waals surface area contributed by atoms with E-state index in [4.69, 9.17) is 4.74 Å². The van der Waals surface area contributed by atoms with Gasteiger partial charge in [0.2, 0.25) is 0 Å². The van der Waals surface area contributed by atoms with Crippen molar-refractivity contribution < 1.29 is 19.4 Å². The highest BCUT2D eigenvalue weighted by Crippen LogP contribution is 2.34. The molecule has 1 saturated heterocycles. The number of nitrogens with zero attached hydrogens (tertiary/aromatic N) is 1. The van der Waals surface area contributed by atoms with Gasteiger partial charge < -0.3 is 14.7 Å². The smallest absolute Gasteiger partial charge is 0.335 e. The van der Waals surface area contributed by atoms with Crippen molar-refractivity contribution in [2.24, 2.45) is 5.92 Å². The van der Waals surface area contributed by atoms with Gasteiger partial charge in [-0.3, -0.25) is 4.79 Å². The van der Waals surface area contributed by atoms with Crippen LogP contribution in [0.15, 0.2) is 24.3 Å². The Balaban J connectivity index is 1.59. The lowest BCUT2D eigenvalue weighted by Crippen LogP contribution is -2.53. The predicted molar refractivity (Wildman–Crippen MR) is 99.2 cm³/mol. The molecule has 1 aliphatic carbocycles. The van der Waals surface area contributed by atoms with Gasteiger partial charge in [0.1, 0.15) is 5.60 Å². The molecule has 26 heavy (non-hydrogen) atoms. The number of benzene rings is 1. The van der Waals surface area contributed by atoms with Crippen molar-refractivity contribution in [1.29, 1.82) is 0 Å². The van der Waals surface area contributed by atoms with Gasteiger partial charge in [-0.25, -0.2) is 4.79 Å². The summed E-state index contributed by atoms with van der Waals surface area (Å²) in [6.07, 6.45) is 7.55. The van der Waals surface area contributed by atoms with Crippen LogP contribution in [-0.2, 0) is 16.0 Å². The van der Waals surface area contributed by atoms with Gasteiger partial charge in [0.15, 0.2) is 0 Å². The van der Waals surface area contributed by atoms with Gasteiger partial charge in [0, 0.05) is 20.2 Å². The van der Waals surface area contributed by atoms with E-state index in [9.17, 15) is 14.7 Å². The maximum Gasteiger partial charge on any atom is 0.335 e. The molecule has 1 aromatic rings. The van der Waals surface area contributed by atoms with Gasteiger partial charge in [0.25, 0.3) is 5.91 Å². The fourth-order valence-electron chi connectivity index (χ4n) is 4.47. The lowest BCUT2D eigenvalue weighted by Gasteiger charge is -2.41. The zero-order valence-corrected chi connectivity index (χ0v) is 15.6. The predicted octanol–water partition coefficient (Wildman–Crippen LogP) is 3.52. The summed E-state index contributed by atoms with van der Waals surface area (Å²) < 4.78 is 5.70. The van der Waals surface area contributed by atoms with Gasteiger partial charge >= 0.3 is 5.97 Å². The normalized spacial score (nSPS) is 20.7. The number of rotatable bonds is 5. The molecule has 0 spiro atoms. The summed E-state index contributed by atoms with van der Waals surface area (Å²) in [5.41, 5.74) is 0.679. The molecule has 1 amide bonds. The second-order valence-electron chi connectivity index (χ2n) is 7.66. The zero-order valence-electron chi connectivity index (χ0n) is 15.6. The largest absolute Gasteiger partial charge is 0.478 e. The van der Waals surface area contributed by atoms with E-state index < -0.39 is 11.6 Å². The number of likely N-dealkylation sites (tertiary alicyclic amines) is 1. The quantitative estimate of drug-likeness (QED) is 0.873. The second kappa shape index (κ2) is 8.21. The molecule has 1 heterocycles. The van der Waals surface area contributed by atoms with E-state index in [2.05, 4.69) is 0 Å². The van der Waals surface area contributed by atoms with Crippen LogP contribution in [0.2, 0.25) is 0 Å². The molecule has 3 rings (SSSR count). The van der Waals surface area contributed by atoms with E-state index in [-0.39, 0.29) is 5.91 Å². The molecule has 5 nitrogen and oxygen atoms in total. The highest BCUT2D eigenvalue weighted by molar-refractivity contribution is 5.89. The molecular formula is C21H29NO4. The Bertz CT molecular complexity index is 643. The Labute approximate surface area is 155 Å². The number of amides is 1. The molecule has 0 radical (unpaired) electrons. The summed E-state index contributed by atoms with van der Waals surface area (Å²) in [6.45, 7) is 1.48. The first kappa shape index (κ1) is 18.9. The summed E-state index contributed by atoms with van der Waals surface area (Å²) in [6, 6.07) is 7.24. The molecule has 142 valence electrons. The van der Waals surface area contributed by atoms with Crippen molar-refractivity contribution in [3.05, 3.63) is 35.4 Å². The minimum atomic E-state index is -0.868. The van der Waals surface area contributed by atoms with Crippen molar-refractivity contribution in [2.75, 3.05) is 20.2 Å². The number of hydrogen-bond acceptors (Lipinski definition) is 3. The van der Waals surface area contributed by atoms with Crippen molar-refractivity contribution in [2.45, 2.75) is 57.0 Å². The van der Waals surface area contributed by atoms with E-state index in [1.165, 1.54) is 6.42 Å². The SMILES string of the molecule is COC1(C(=O)N2CCC(Cc3ccccc3C(=O)O)CC2)CCCCC1. The van der Waals surface area contributed by atoms with Crippen molar-refractivity contribution in [3.8, 4) is 0 Å². The van der Waals surface area contributed by atoms with Gasteiger partial charge in [-0.15, -0.1) is 0 Å². The first-order valence-corrected chi connectivity index (χ1v) is 9.71. The zero-order chi connectivity index (χ0) is 18.6. The lowest BCUT2D eigenvalue weighted by molar-refractivity contribution is -0.160. The number of methoxy groups -OCH3 is 1. The molecule has 0 bridgehead atoms. The van der Waals surface area contributed by atoms with Gasteiger partial charge in [-0.05, 0) is 49.7 Å². The van der Waals surface area contributed by atoms with Crippen molar-refractivity contribution >= 4 is 11.9 Å². The number of carboxylic acids is 1. The highest BCUT2D eigenvalue weighted by atomic mass is 16.5. The third-order valence-corrected chi connectivity index (χ3v) is 6.10. The number of piperidine rings is 1. The first-order chi connectivity index (χ1) is 12.6. The van der Waals surface area contributed by atoms with Crippen molar-refractivity contribution in [3.63, 3.8) is 0 Å². The third kappa shape index (κ3) is 3.93.